The highest BCUT2D eigenvalue weighted by Gasteiger charge is 2.42. The molecular formula is C38H46N6O2. The summed E-state index contributed by atoms with van der Waals surface area (Å²) in [4.78, 5) is 15.6. The lowest BCUT2D eigenvalue weighted by Crippen LogP contribution is -2.45. The van der Waals surface area contributed by atoms with Crippen molar-refractivity contribution in [3.63, 3.8) is 0 Å². The summed E-state index contributed by atoms with van der Waals surface area (Å²) in [6.45, 7) is 6.18. The van der Waals surface area contributed by atoms with Crippen LogP contribution in [0.25, 0.3) is 11.1 Å². The number of hydrogen-bond donors (Lipinski definition) is 2. The molecule has 8 heteroatoms. The molecule has 0 spiro atoms. The summed E-state index contributed by atoms with van der Waals surface area (Å²) in [5.74, 6) is 2.31. The number of nitrogens with one attached hydrogen (secondary N) is 1. The molecule has 4 aromatic rings. The number of ether oxygens (including phenoxy) is 1. The second-order valence-corrected chi connectivity index (χ2v) is 13.6. The van der Waals surface area contributed by atoms with Crippen molar-refractivity contribution >= 4 is 6.09 Å². The van der Waals surface area contributed by atoms with Gasteiger partial charge in [-0.05, 0) is 59.9 Å². The van der Waals surface area contributed by atoms with Crippen molar-refractivity contribution in [2.24, 2.45) is 5.73 Å². The molecular weight excluding hydrogens is 572 g/mol. The quantitative estimate of drug-likeness (QED) is 0.193. The predicted octanol–water partition coefficient (Wildman–Crippen LogP) is 6.74. The maximum Gasteiger partial charge on any atom is 0.407 e. The maximum atomic E-state index is 12.9. The molecule has 0 saturated carbocycles. The Morgan fingerprint density at radius 2 is 1.52 bits per heavy atom. The molecule has 3 atom stereocenters. The van der Waals surface area contributed by atoms with E-state index in [0.717, 1.165) is 37.5 Å². The second kappa shape index (κ2) is 13.4. The average Bonchev–Trinajstić information content (AvgIpc) is 3.72. The van der Waals surface area contributed by atoms with Crippen LogP contribution in [-0.2, 0) is 11.2 Å². The van der Waals surface area contributed by atoms with Gasteiger partial charge in [0, 0.05) is 55.5 Å². The highest BCUT2D eigenvalue weighted by atomic mass is 16.5. The number of nitrogens with zero attached hydrogens (tertiary/aromatic N) is 4. The largest absolute Gasteiger partial charge is 0.449 e. The van der Waals surface area contributed by atoms with Crippen molar-refractivity contribution < 1.29 is 9.53 Å². The van der Waals surface area contributed by atoms with Crippen molar-refractivity contribution in [2.45, 2.75) is 88.4 Å². The third-order valence-corrected chi connectivity index (χ3v) is 10.4. The Hall–Kier alpha value is -4.01. The van der Waals surface area contributed by atoms with Crippen LogP contribution in [0, 0.1) is 0 Å². The number of amides is 1. The lowest BCUT2D eigenvalue weighted by molar-refractivity contribution is 0.101. The fourth-order valence-electron chi connectivity index (χ4n) is 8.20. The minimum absolute atomic E-state index is 0.0464. The second-order valence-electron chi connectivity index (χ2n) is 13.6. The Kier molecular flexibility index (Phi) is 8.91. The van der Waals surface area contributed by atoms with Crippen molar-refractivity contribution in [3.8, 4) is 11.1 Å². The number of carbonyl (C=O) groups is 1. The summed E-state index contributed by atoms with van der Waals surface area (Å²) < 4.78 is 8.18. The lowest BCUT2D eigenvalue weighted by Gasteiger charge is -2.40. The smallest absolute Gasteiger partial charge is 0.407 e. The molecule has 46 heavy (non-hydrogen) atoms. The SMILES string of the molecule is CC(C)c1nnc(CCNC(=O)OCC2c3ccccc3-c3ccccc32)n1C1CC2CCC(C1)N2CC[C@H](N)c1ccccc1. The van der Waals surface area contributed by atoms with Gasteiger partial charge in [-0.25, -0.2) is 4.79 Å². The minimum atomic E-state index is -0.392. The summed E-state index contributed by atoms with van der Waals surface area (Å²) in [6, 6.07) is 28.8. The minimum Gasteiger partial charge on any atom is -0.449 e. The first-order chi connectivity index (χ1) is 22.5. The number of nitrogens with two attached hydrogens (primary N) is 1. The van der Waals surface area contributed by atoms with E-state index in [1.54, 1.807) is 0 Å². The van der Waals surface area contributed by atoms with Gasteiger partial charge in [0.25, 0.3) is 0 Å². The van der Waals surface area contributed by atoms with E-state index in [0.29, 0.717) is 37.7 Å². The van der Waals surface area contributed by atoms with E-state index < -0.39 is 6.09 Å². The van der Waals surface area contributed by atoms with Gasteiger partial charge in [0.15, 0.2) is 0 Å². The van der Waals surface area contributed by atoms with Crippen molar-refractivity contribution in [2.75, 3.05) is 19.7 Å². The van der Waals surface area contributed by atoms with E-state index in [1.165, 1.54) is 40.7 Å². The first-order valence-electron chi connectivity index (χ1n) is 17.1. The van der Waals surface area contributed by atoms with Crippen LogP contribution in [0.2, 0.25) is 0 Å². The Balaban J connectivity index is 0.951. The van der Waals surface area contributed by atoms with Crippen LogP contribution in [0.1, 0.15) is 98.2 Å². The fraction of sp³-hybridized carbons (Fsp3) is 0.447. The van der Waals surface area contributed by atoms with Gasteiger partial charge < -0.3 is 20.4 Å². The zero-order chi connectivity index (χ0) is 31.6. The first kappa shape index (κ1) is 30.6. The van der Waals surface area contributed by atoms with E-state index in [2.05, 4.69) is 112 Å². The van der Waals surface area contributed by atoms with Crippen molar-refractivity contribution in [1.82, 2.24) is 25.0 Å². The van der Waals surface area contributed by atoms with Crippen LogP contribution >= 0.6 is 0 Å². The van der Waals surface area contributed by atoms with Gasteiger partial charge in [-0.2, -0.15) is 0 Å². The molecule has 3 N–H and O–H groups in total. The summed E-state index contributed by atoms with van der Waals surface area (Å²) in [7, 11) is 0. The van der Waals surface area contributed by atoms with Crippen LogP contribution < -0.4 is 11.1 Å². The molecule has 1 aliphatic carbocycles. The van der Waals surface area contributed by atoms with Gasteiger partial charge in [-0.1, -0.05) is 92.7 Å². The number of fused-ring (bicyclic) bond motifs is 5. The highest BCUT2D eigenvalue weighted by molar-refractivity contribution is 5.79. The number of aromatic nitrogens is 3. The van der Waals surface area contributed by atoms with E-state index in [-0.39, 0.29) is 17.9 Å². The average molecular weight is 619 g/mol. The third kappa shape index (κ3) is 6.08. The first-order valence-corrected chi connectivity index (χ1v) is 17.1. The Labute approximate surface area is 272 Å². The van der Waals surface area contributed by atoms with Crippen LogP contribution in [0.5, 0.6) is 0 Å². The van der Waals surface area contributed by atoms with E-state index in [4.69, 9.17) is 10.5 Å². The molecule has 2 fully saturated rings. The molecule has 2 unspecified atom stereocenters. The zero-order valence-electron chi connectivity index (χ0n) is 27.0. The van der Waals surface area contributed by atoms with E-state index in [1.807, 2.05) is 6.07 Å². The molecule has 2 saturated heterocycles. The van der Waals surface area contributed by atoms with Crippen LogP contribution in [0.4, 0.5) is 4.79 Å². The molecule has 240 valence electrons. The summed E-state index contributed by atoms with van der Waals surface area (Å²) in [5, 5.41) is 12.3. The Bertz CT molecular complexity index is 1590. The standard InChI is InChI=1S/C38H46N6O2/c1-25(2)37-42-41-36(18-20-40-38(45)46-24-34-32-14-8-6-12-30(32)31-13-7-9-15-33(31)34)44(37)29-22-27-16-17-28(23-29)43(27)21-19-35(39)26-10-4-3-5-11-26/h3-15,25,27-29,34-35H,16-24,39H2,1-2H3,(H,40,45)/t27?,28?,29?,35-/m0/s1. The van der Waals surface area contributed by atoms with Crippen LogP contribution in [0.15, 0.2) is 78.9 Å². The zero-order valence-corrected chi connectivity index (χ0v) is 27.0. The van der Waals surface area contributed by atoms with Crippen molar-refractivity contribution in [3.05, 3.63) is 107 Å². The molecule has 3 aromatic carbocycles. The van der Waals surface area contributed by atoms with Crippen molar-refractivity contribution in [1.29, 1.82) is 0 Å². The number of piperidine rings is 1. The number of carbonyl (C=O) groups excluding carboxylic acids is 1. The number of alkyl carbamates (subject to hydrolysis) is 1. The van der Waals surface area contributed by atoms with Gasteiger partial charge in [0.2, 0.25) is 0 Å². The molecule has 0 radical (unpaired) electrons. The number of rotatable bonds is 11. The van der Waals surface area contributed by atoms with Crippen LogP contribution in [0.3, 0.4) is 0 Å². The summed E-state index contributed by atoms with van der Waals surface area (Å²) in [6.07, 6.45) is 5.86. The van der Waals surface area contributed by atoms with Gasteiger partial charge >= 0.3 is 6.09 Å². The van der Waals surface area contributed by atoms with E-state index in [9.17, 15) is 4.79 Å². The number of benzene rings is 3. The molecule has 3 aliphatic rings. The number of hydrogen-bond acceptors (Lipinski definition) is 6. The molecule has 8 nitrogen and oxygen atoms in total. The monoisotopic (exact) mass is 618 g/mol. The topological polar surface area (TPSA) is 98.3 Å². The molecule has 7 rings (SSSR count). The Morgan fingerprint density at radius 3 is 2.17 bits per heavy atom. The predicted molar refractivity (Wildman–Crippen MR) is 181 cm³/mol. The molecule has 2 aliphatic heterocycles. The van der Waals surface area contributed by atoms with Crippen LogP contribution in [-0.4, -0.2) is 57.5 Å². The van der Waals surface area contributed by atoms with Gasteiger partial charge in [-0.3, -0.25) is 4.90 Å². The Morgan fingerprint density at radius 1 is 0.891 bits per heavy atom. The fourth-order valence-corrected chi connectivity index (χ4v) is 8.20. The van der Waals surface area contributed by atoms with E-state index >= 15 is 0 Å². The highest BCUT2D eigenvalue weighted by Crippen LogP contribution is 2.45. The molecule has 3 heterocycles. The molecule has 1 amide bonds. The molecule has 2 bridgehead atoms. The maximum absolute atomic E-state index is 12.9. The third-order valence-electron chi connectivity index (χ3n) is 10.4. The van der Waals surface area contributed by atoms with Gasteiger partial charge in [0.05, 0.1) is 0 Å². The summed E-state index contributed by atoms with van der Waals surface area (Å²) in [5.41, 5.74) is 12.7. The van der Waals surface area contributed by atoms with Gasteiger partial charge in [0.1, 0.15) is 18.3 Å². The molecule has 1 aromatic heterocycles. The summed E-state index contributed by atoms with van der Waals surface area (Å²) >= 11 is 0. The normalized spacial score (nSPS) is 21.3. The lowest BCUT2D eigenvalue weighted by atomic mass is 9.95. The van der Waals surface area contributed by atoms with Gasteiger partial charge in [-0.15, -0.1) is 10.2 Å².